The summed E-state index contributed by atoms with van der Waals surface area (Å²) in [7, 11) is 9.72. The predicted octanol–water partition coefficient (Wildman–Crippen LogP) is 7.31. The molecule has 0 radical (unpaired) electrons. The second-order valence-electron chi connectivity index (χ2n) is 33.7. The van der Waals surface area contributed by atoms with E-state index in [0.29, 0.717) is 6.07 Å². The Balaban J connectivity index is 1.66. The maximum absolute atomic E-state index is 15.6. The summed E-state index contributed by atoms with van der Waals surface area (Å²) in [6.07, 6.45) is -6.42. The number of alkyl halides is 3. The lowest BCUT2D eigenvalue weighted by Crippen LogP contribution is -2.65. The molecule has 36 heteroatoms. The molecule has 1 saturated heterocycles. The van der Waals surface area contributed by atoms with E-state index in [1.165, 1.54) is 136 Å². The Morgan fingerprint density at radius 3 is 1.62 bits per heavy atom. The van der Waals surface area contributed by atoms with E-state index in [9.17, 15) is 71.3 Å². The molecule has 2 heterocycles. The van der Waals surface area contributed by atoms with Crippen LogP contribution >= 0.6 is 11.6 Å². The number of nitrogens with one attached hydrogen (secondary N) is 8. The van der Waals surface area contributed by atoms with Crippen molar-refractivity contribution in [2.24, 2.45) is 41.4 Å². The summed E-state index contributed by atoms with van der Waals surface area (Å²) in [5.74, 6) is -10.4. The molecule has 1 fully saturated rings. The third-order valence-electron chi connectivity index (χ3n) is 21.1. The molecule has 0 saturated carbocycles. The zero-order chi connectivity index (χ0) is 91.0. The van der Waals surface area contributed by atoms with Gasteiger partial charge in [0.1, 0.15) is 71.8 Å². The van der Waals surface area contributed by atoms with Gasteiger partial charge in [0.05, 0.1) is 35.3 Å². The van der Waals surface area contributed by atoms with Crippen LogP contribution in [0.15, 0.2) is 60.8 Å². The number of halogens is 4. The summed E-state index contributed by atoms with van der Waals surface area (Å²) in [5, 5.41) is 46.1. The van der Waals surface area contributed by atoms with Gasteiger partial charge in [-0.15, -0.1) is 0 Å². The van der Waals surface area contributed by atoms with Crippen molar-refractivity contribution in [2.45, 2.75) is 241 Å². The number of ether oxygens (including phenoxy) is 1. The number of hydrogen-bond donors (Lipinski definition) is 10. The number of pyridine rings is 1. The molecule has 120 heavy (non-hydrogen) atoms. The Kier molecular flexibility index (Phi) is 40.1. The Hall–Kier alpha value is -9.74. The fourth-order valence-corrected chi connectivity index (χ4v) is 14.4. The van der Waals surface area contributed by atoms with Gasteiger partial charge in [-0.3, -0.25) is 67.8 Å². The molecule has 1 aromatic heterocycles. The normalized spacial score (nSPS) is 23.0. The minimum Gasteiger partial charge on any atom is -0.457 e. The maximum atomic E-state index is 15.6. The van der Waals surface area contributed by atoms with E-state index in [2.05, 4.69) is 47.5 Å². The molecule has 1 unspecified atom stereocenters. The lowest BCUT2D eigenvalue weighted by atomic mass is 9.89. The number of amides is 14. The van der Waals surface area contributed by atoms with Crippen LogP contribution in [0.1, 0.15) is 178 Å². The summed E-state index contributed by atoms with van der Waals surface area (Å²) in [6, 6.07) is -1.99. The lowest BCUT2D eigenvalue weighted by Gasteiger charge is -2.43. The standard InChI is InChI=1S/C84H130ClF3N16O16/c1-24-60-78(114)98(17)44-67(106)99(18)62(38-45(2)3)75(111)97-68(49(10)11)81(117)100(19)63(39-46(4)5)74(110)92-52(15)72(108)93-53(16)77(113)101(20)64(40-47(6)7)79(115)102(21)65(41-48(8)9)80(116)103(22)69(50(12)13)82(118)104(23)70(76(112)96-60)71(107)51(14)26-25-27-66(105)90-36-37-91-73(109)61-43-57(34-35-89-61)120-56-31-28-54(29-32-56)94-83(119)95-55-30-33-59(85)58(42-55)84(86,87)88/h28-35,42-43,45-53,60,62-65,68-71,76,96,107,112H,24-27,36-41,44H2,1-23H3,(H,90,105)(H,91,109)(H,92,110)(H,93,108)(H,97,111)(H2,94,95,119)/t51-,52+,53-,60+,62+,63+,64+,65+,68+,69+,70+,71-,76?/m1/s1. The van der Waals surface area contributed by atoms with Crippen molar-refractivity contribution in [1.29, 1.82) is 0 Å². The van der Waals surface area contributed by atoms with Crippen LogP contribution in [0.25, 0.3) is 0 Å². The number of rotatable bonds is 25. The van der Waals surface area contributed by atoms with Crippen molar-refractivity contribution in [2.75, 3.05) is 79.6 Å². The Morgan fingerprint density at radius 1 is 0.575 bits per heavy atom. The molecule has 13 atom stereocenters. The van der Waals surface area contributed by atoms with Crippen molar-refractivity contribution in [1.82, 2.24) is 71.2 Å². The van der Waals surface area contributed by atoms with Crippen LogP contribution in [0.2, 0.25) is 5.02 Å². The molecule has 10 N–H and O–H groups in total. The van der Waals surface area contributed by atoms with E-state index in [4.69, 9.17) is 16.3 Å². The van der Waals surface area contributed by atoms with Gasteiger partial charge in [-0.2, -0.15) is 13.2 Å². The zero-order valence-corrected chi connectivity index (χ0v) is 74.5. The van der Waals surface area contributed by atoms with Gasteiger partial charge in [0.25, 0.3) is 5.91 Å². The van der Waals surface area contributed by atoms with Gasteiger partial charge in [-0.1, -0.05) is 109 Å². The molecule has 1 aliphatic rings. The molecule has 1 aliphatic heterocycles. The van der Waals surface area contributed by atoms with Gasteiger partial charge < -0.3 is 86.5 Å². The monoisotopic (exact) mass is 1710 g/mol. The van der Waals surface area contributed by atoms with Gasteiger partial charge in [0.15, 0.2) is 0 Å². The molecular formula is C84H130ClF3N16O16. The second-order valence-corrected chi connectivity index (χ2v) is 34.1. The number of urea groups is 1. The summed E-state index contributed by atoms with van der Waals surface area (Å²) in [6.45, 7) is 26.9. The lowest BCUT2D eigenvalue weighted by molar-refractivity contribution is -0.158. The van der Waals surface area contributed by atoms with E-state index in [1.54, 1.807) is 41.5 Å². The SMILES string of the molecule is CC[C@@H]1NC(O)[C@H]([C@H](O)[C@H](C)CCCC(=O)NCCNC(=O)c2cc(Oc3ccc(NC(=O)Nc4ccc(Cl)c(C(F)(F)F)c4)cc3)ccn2)N(C)C(=O)[C@H](C(C)C)N(C)C(=O)[C@H](CC(C)C)N(C)C(=O)[C@H](CC(C)C)N(C)C(=O)[C@@H](C)NC(=O)[C@H](C)NC(=O)[C@H](CC(C)C)N(C)C(=O)[C@H](C(C)C)NC(=O)[C@H](CC(C)C)N(C)C(=O)CN(C)C1=O. The minimum atomic E-state index is -4.74. The minimum absolute atomic E-state index is 0.0223. The quantitative estimate of drug-likeness (QED) is 0.0371. The Bertz CT molecular complexity index is 4010. The summed E-state index contributed by atoms with van der Waals surface area (Å²) >= 11 is 5.70. The number of aromatic nitrogens is 1. The zero-order valence-electron chi connectivity index (χ0n) is 73.7. The number of carbonyl (C=O) groups excluding carboxylic acids is 13. The Morgan fingerprint density at radius 2 is 1.07 bits per heavy atom. The number of carbonyl (C=O) groups is 13. The Labute approximate surface area is 709 Å². The van der Waals surface area contributed by atoms with Crippen molar-refractivity contribution in [3.05, 3.63) is 77.1 Å². The first-order chi connectivity index (χ1) is 55.8. The molecule has 2 aromatic carbocycles. The molecule has 0 spiro atoms. The molecule has 0 aliphatic carbocycles. The average Bonchev–Trinajstić information content (AvgIpc) is 0.801. The highest BCUT2D eigenvalue weighted by Crippen LogP contribution is 2.37. The van der Waals surface area contributed by atoms with E-state index >= 15 is 14.4 Å². The first-order valence-corrected chi connectivity index (χ1v) is 41.3. The van der Waals surface area contributed by atoms with Gasteiger partial charge in [0, 0.05) is 92.5 Å². The highest BCUT2D eigenvalue weighted by molar-refractivity contribution is 6.31. The number of anilines is 2. The van der Waals surface area contributed by atoms with Crippen molar-refractivity contribution in [3.8, 4) is 11.5 Å². The number of nitrogens with zero attached hydrogens (tertiary/aromatic N) is 8. The number of benzene rings is 2. The van der Waals surface area contributed by atoms with E-state index in [-0.39, 0.29) is 117 Å². The van der Waals surface area contributed by atoms with E-state index in [1.807, 2.05) is 55.4 Å². The molecule has 0 bridgehead atoms. The highest BCUT2D eigenvalue weighted by atomic mass is 35.5. The first-order valence-electron chi connectivity index (χ1n) is 41.0. The average molecular weight is 1710 g/mol. The second kappa shape index (κ2) is 46.9. The van der Waals surface area contributed by atoms with E-state index < -0.39 is 191 Å². The summed E-state index contributed by atoms with van der Waals surface area (Å²) in [4.78, 5) is 199. The number of aliphatic hydroxyl groups excluding tert-OH is 2. The summed E-state index contributed by atoms with van der Waals surface area (Å²) in [5.41, 5.74) is -1.04. The van der Waals surface area contributed by atoms with Gasteiger partial charge in [0.2, 0.25) is 65.0 Å². The van der Waals surface area contributed by atoms with Crippen LogP contribution in [0.5, 0.6) is 11.5 Å². The molecular weight excluding hydrogens is 1580 g/mol. The predicted molar refractivity (Wildman–Crippen MR) is 449 cm³/mol. The third-order valence-corrected chi connectivity index (χ3v) is 21.5. The van der Waals surface area contributed by atoms with E-state index in [0.717, 1.165) is 15.9 Å². The van der Waals surface area contributed by atoms with Crippen LogP contribution in [-0.2, 0) is 58.9 Å². The maximum Gasteiger partial charge on any atom is 0.417 e. The first kappa shape index (κ1) is 103. The smallest absolute Gasteiger partial charge is 0.417 e. The van der Waals surface area contributed by atoms with Crippen LogP contribution < -0.4 is 47.3 Å². The fraction of sp³-hybridized carbons (Fsp3) is 0.643. The largest absolute Gasteiger partial charge is 0.457 e. The molecule has 14 amide bonds. The van der Waals surface area contributed by atoms with Crippen LogP contribution in [0.4, 0.5) is 29.3 Å². The van der Waals surface area contributed by atoms with Crippen LogP contribution in [-0.4, -0.2) is 268 Å². The topological polar surface area (TPSA) is 403 Å². The van der Waals surface area contributed by atoms with Crippen molar-refractivity contribution < 1.29 is 90.5 Å². The highest BCUT2D eigenvalue weighted by Gasteiger charge is 2.46. The number of aliphatic hydroxyl groups is 2. The number of likely N-dealkylation sites (N-methyl/N-ethyl adjacent to an activating group) is 7. The summed E-state index contributed by atoms with van der Waals surface area (Å²) < 4.78 is 46.0. The van der Waals surface area contributed by atoms with Crippen LogP contribution in [0, 0.1) is 41.4 Å². The molecule has 32 nitrogen and oxygen atoms in total. The fourth-order valence-electron chi connectivity index (χ4n) is 14.1. The van der Waals surface area contributed by atoms with Crippen molar-refractivity contribution >= 4 is 99.9 Å². The number of hydrogen-bond acceptors (Lipinski definition) is 18. The van der Waals surface area contributed by atoms with Crippen LogP contribution in [0.3, 0.4) is 0 Å². The molecule has 670 valence electrons. The van der Waals surface area contributed by atoms with Crippen molar-refractivity contribution in [3.63, 3.8) is 0 Å². The third kappa shape index (κ3) is 29.9. The van der Waals surface area contributed by atoms with Gasteiger partial charge in [-0.05, 0) is 149 Å². The van der Waals surface area contributed by atoms with Gasteiger partial charge >= 0.3 is 12.2 Å². The van der Waals surface area contributed by atoms with Gasteiger partial charge in [-0.25, -0.2) is 4.79 Å². The molecule has 4 rings (SSSR count). The molecule has 3 aromatic rings.